The largest absolute Gasteiger partial charge is 0.340 e. The van der Waals surface area contributed by atoms with E-state index in [0.717, 1.165) is 35.5 Å². The molecule has 4 nitrogen and oxygen atoms in total. The summed E-state index contributed by atoms with van der Waals surface area (Å²) in [5, 5.41) is 0. The lowest BCUT2D eigenvalue weighted by molar-refractivity contribution is 0.409. The number of pyridine rings is 1. The first-order valence-electron chi connectivity index (χ1n) is 6.19. The van der Waals surface area contributed by atoms with Crippen molar-refractivity contribution >= 4 is 11.2 Å². The average molecular weight is 230 g/mol. The molecule has 1 saturated carbocycles. The van der Waals surface area contributed by atoms with Gasteiger partial charge in [0.2, 0.25) is 0 Å². The maximum absolute atomic E-state index is 6.22. The van der Waals surface area contributed by atoms with Gasteiger partial charge in [-0.1, -0.05) is 13.3 Å². The van der Waals surface area contributed by atoms with E-state index in [9.17, 15) is 0 Å². The third kappa shape index (κ3) is 1.55. The number of aromatic nitrogens is 3. The standard InChI is InChI=1S/C13H18N4/c1-8-5-6-9-11(15-8)17-12(16-9)13(2)7-3-4-10(13)14/h5-6,10H,3-4,7,14H2,1-2H3,(H,15,16,17). The average Bonchev–Trinajstić information content (AvgIpc) is 2.84. The molecule has 4 heteroatoms. The van der Waals surface area contributed by atoms with Gasteiger partial charge in [-0.25, -0.2) is 9.97 Å². The second-order valence-electron chi connectivity index (χ2n) is 5.33. The summed E-state index contributed by atoms with van der Waals surface area (Å²) in [5.74, 6) is 0.996. The Morgan fingerprint density at radius 3 is 2.94 bits per heavy atom. The van der Waals surface area contributed by atoms with Crippen LogP contribution in [-0.2, 0) is 5.41 Å². The molecule has 1 aliphatic carbocycles. The topological polar surface area (TPSA) is 67.6 Å². The summed E-state index contributed by atoms with van der Waals surface area (Å²) in [4.78, 5) is 12.5. The van der Waals surface area contributed by atoms with Crippen molar-refractivity contribution in [3.05, 3.63) is 23.7 Å². The van der Waals surface area contributed by atoms with Gasteiger partial charge in [0.25, 0.3) is 0 Å². The van der Waals surface area contributed by atoms with Gasteiger partial charge in [0, 0.05) is 17.2 Å². The van der Waals surface area contributed by atoms with E-state index in [1.54, 1.807) is 0 Å². The van der Waals surface area contributed by atoms with E-state index < -0.39 is 0 Å². The van der Waals surface area contributed by atoms with Crippen LogP contribution in [0.1, 0.15) is 37.7 Å². The number of nitrogens with one attached hydrogen (secondary N) is 1. The third-order valence-corrected chi connectivity index (χ3v) is 4.06. The van der Waals surface area contributed by atoms with Gasteiger partial charge in [-0.3, -0.25) is 0 Å². The van der Waals surface area contributed by atoms with Crippen LogP contribution in [0.4, 0.5) is 0 Å². The zero-order chi connectivity index (χ0) is 12.0. The van der Waals surface area contributed by atoms with Gasteiger partial charge in [0.15, 0.2) is 5.65 Å². The highest BCUT2D eigenvalue weighted by atomic mass is 15.0. The molecular weight excluding hydrogens is 212 g/mol. The Kier molecular flexibility index (Phi) is 2.23. The maximum Gasteiger partial charge on any atom is 0.177 e. The quantitative estimate of drug-likeness (QED) is 0.787. The van der Waals surface area contributed by atoms with Gasteiger partial charge in [0.05, 0.1) is 5.52 Å². The predicted octanol–water partition coefficient (Wildman–Crippen LogP) is 2.04. The van der Waals surface area contributed by atoms with E-state index in [4.69, 9.17) is 5.73 Å². The van der Waals surface area contributed by atoms with E-state index >= 15 is 0 Å². The Morgan fingerprint density at radius 2 is 2.24 bits per heavy atom. The minimum atomic E-state index is -0.0192. The minimum Gasteiger partial charge on any atom is -0.340 e. The first kappa shape index (κ1) is 10.7. The van der Waals surface area contributed by atoms with Crippen LogP contribution in [0.25, 0.3) is 11.2 Å². The van der Waals surface area contributed by atoms with Crippen LogP contribution in [0.2, 0.25) is 0 Å². The van der Waals surface area contributed by atoms with E-state index in [2.05, 4.69) is 21.9 Å². The van der Waals surface area contributed by atoms with Gasteiger partial charge in [0.1, 0.15) is 5.82 Å². The van der Waals surface area contributed by atoms with Crippen LogP contribution < -0.4 is 5.73 Å². The highest BCUT2D eigenvalue weighted by Gasteiger charge is 2.40. The van der Waals surface area contributed by atoms with Crippen LogP contribution in [0.15, 0.2) is 12.1 Å². The van der Waals surface area contributed by atoms with Crippen LogP contribution in [-0.4, -0.2) is 21.0 Å². The number of nitrogens with two attached hydrogens (primary N) is 1. The molecule has 0 spiro atoms. The molecule has 1 fully saturated rings. The van der Waals surface area contributed by atoms with E-state index in [-0.39, 0.29) is 11.5 Å². The van der Waals surface area contributed by atoms with Gasteiger partial charge in [-0.2, -0.15) is 0 Å². The first-order chi connectivity index (χ1) is 8.09. The normalized spacial score (nSPS) is 29.0. The lowest BCUT2D eigenvalue weighted by Gasteiger charge is -2.26. The first-order valence-corrected chi connectivity index (χ1v) is 6.19. The fourth-order valence-electron chi connectivity index (χ4n) is 2.74. The number of nitrogens with zero attached hydrogens (tertiary/aromatic N) is 2. The van der Waals surface area contributed by atoms with Crippen molar-refractivity contribution in [2.24, 2.45) is 5.73 Å². The van der Waals surface area contributed by atoms with Gasteiger partial charge in [-0.05, 0) is 31.9 Å². The summed E-state index contributed by atoms with van der Waals surface area (Å²) < 4.78 is 0. The highest BCUT2D eigenvalue weighted by Crippen LogP contribution is 2.38. The molecule has 2 atom stereocenters. The number of aromatic amines is 1. The van der Waals surface area contributed by atoms with Crippen LogP contribution in [0.3, 0.4) is 0 Å². The van der Waals surface area contributed by atoms with Crippen LogP contribution in [0, 0.1) is 6.92 Å². The molecule has 2 aromatic heterocycles. The number of fused-ring (bicyclic) bond motifs is 1. The molecule has 2 heterocycles. The number of imidazole rings is 1. The molecular formula is C13H18N4. The Labute approximate surface area is 101 Å². The molecule has 0 radical (unpaired) electrons. The smallest absolute Gasteiger partial charge is 0.177 e. The summed E-state index contributed by atoms with van der Waals surface area (Å²) in [6.07, 6.45) is 3.37. The lowest BCUT2D eigenvalue weighted by Crippen LogP contribution is -2.39. The SMILES string of the molecule is Cc1ccc2[nH]c(C3(C)CCCC3N)nc2n1. The molecule has 3 N–H and O–H groups in total. The van der Waals surface area contributed by atoms with Crippen molar-refractivity contribution in [3.8, 4) is 0 Å². The van der Waals surface area contributed by atoms with Crippen molar-refractivity contribution in [3.63, 3.8) is 0 Å². The Balaban J connectivity index is 2.12. The molecule has 0 saturated heterocycles. The van der Waals surface area contributed by atoms with E-state index in [0.29, 0.717) is 0 Å². The molecule has 0 aromatic carbocycles. The summed E-state index contributed by atoms with van der Waals surface area (Å²) in [6, 6.07) is 4.24. The molecule has 2 unspecified atom stereocenters. The lowest BCUT2D eigenvalue weighted by atomic mass is 9.84. The zero-order valence-corrected chi connectivity index (χ0v) is 10.3. The second-order valence-corrected chi connectivity index (χ2v) is 5.33. The monoisotopic (exact) mass is 230 g/mol. The predicted molar refractivity (Wildman–Crippen MR) is 67.8 cm³/mol. The Hall–Kier alpha value is -1.42. The summed E-state index contributed by atoms with van der Waals surface area (Å²) in [5.41, 5.74) is 9.01. The molecule has 0 aliphatic heterocycles. The van der Waals surface area contributed by atoms with Crippen molar-refractivity contribution in [2.75, 3.05) is 0 Å². The number of rotatable bonds is 1. The summed E-state index contributed by atoms with van der Waals surface area (Å²) in [6.45, 7) is 4.19. The summed E-state index contributed by atoms with van der Waals surface area (Å²) >= 11 is 0. The van der Waals surface area contributed by atoms with Crippen molar-refractivity contribution in [1.82, 2.24) is 15.0 Å². The molecule has 0 amide bonds. The van der Waals surface area contributed by atoms with Crippen molar-refractivity contribution < 1.29 is 0 Å². The van der Waals surface area contributed by atoms with Crippen LogP contribution >= 0.6 is 0 Å². The number of hydrogen-bond donors (Lipinski definition) is 2. The molecule has 3 rings (SSSR count). The number of aryl methyl sites for hydroxylation is 1. The second kappa shape index (κ2) is 3.53. The number of H-pyrrole nitrogens is 1. The minimum absolute atomic E-state index is 0.0192. The van der Waals surface area contributed by atoms with E-state index in [1.165, 1.54) is 6.42 Å². The van der Waals surface area contributed by atoms with Gasteiger partial charge >= 0.3 is 0 Å². The van der Waals surface area contributed by atoms with Gasteiger partial charge < -0.3 is 10.7 Å². The zero-order valence-electron chi connectivity index (χ0n) is 10.3. The van der Waals surface area contributed by atoms with Crippen molar-refractivity contribution in [2.45, 2.75) is 44.6 Å². The molecule has 17 heavy (non-hydrogen) atoms. The highest BCUT2D eigenvalue weighted by molar-refractivity contribution is 5.70. The van der Waals surface area contributed by atoms with Gasteiger partial charge in [-0.15, -0.1) is 0 Å². The third-order valence-electron chi connectivity index (χ3n) is 4.06. The van der Waals surface area contributed by atoms with E-state index in [1.807, 2.05) is 19.1 Å². The molecule has 1 aliphatic rings. The Bertz CT molecular complexity index is 560. The molecule has 2 aromatic rings. The van der Waals surface area contributed by atoms with Crippen LogP contribution in [0.5, 0.6) is 0 Å². The maximum atomic E-state index is 6.22. The fraction of sp³-hybridized carbons (Fsp3) is 0.538. The number of hydrogen-bond acceptors (Lipinski definition) is 3. The molecule has 0 bridgehead atoms. The Morgan fingerprint density at radius 1 is 1.41 bits per heavy atom. The summed E-state index contributed by atoms with van der Waals surface area (Å²) in [7, 11) is 0. The fourth-order valence-corrected chi connectivity index (χ4v) is 2.74. The molecule has 90 valence electrons. The van der Waals surface area contributed by atoms with Crippen molar-refractivity contribution in [1.29, 1.82) is 0 Å².